The number of benzene rings is 2. The Labute approximate surface area is 294 Å². The number of hydrogen-bond acceptors (Lipinski definition) is 6. The molecule has 6 heteroatoms. The second kappa shape index (κ2) is 27.2. The maximum absolute atomic E-state index is 12.3. The van der Waals surface area contributed by atoms with Gasteiger partial charge in [-0.1, -0.05) is 139 Å². The van der Waals surface area contributed by atoms with Gasteiger partial charge in [0.05, 0.1) is 0 Å². The molecule has 0 spiro atoms. The normalized spacial score (nSPS) is 11.4. The molecule has 0 aromatic heterocycles. The van der Waals surface area contributed by atoms with E-state index in [1.165, 1.54) is 89.9 Å². The molecule has 0 fully saturated rings. The summed E-state index contributed by atoms with van der Waals surface area (Å²) in [6.45, 7) is 9.17. The second-order valence-corrected chi connectivity index (χ2v) is 13.8. The van der Waals surface area contributed by atoms with Crippen molar-refractivity contribution in [2.45, 2.75) is 143 Å². The van der Waals surface area contributed by atoms with E-state index < -0.39 is 0 Å². The molecule has 0 aliphatic heterocycles. The minimum atomic E-state index is -0.133. The van der Waals surface area contributed by atoms with Crippen molar-refractivity contribution in [3.05, 3.63) is 59.7 Å². The van der Waals surface area contributed by atoms with Gasteiger partial charge in [0.15, 0.2) is 0 Å². The van der Waals surface area contributed by atoms with E-state index in [9.17, 15) is 9.59 Å². The van der Waals surface area contributed by atoms with Crippen LogP contribution in [0.3, 0.4) is 0 Å². The number of nitrogens with zero attached hydrogens (tertiary/aromatic N) is 2. The molecule has 0 aliphatic rings. The monoisotopic (exact) mass is 665 g/mol. The molecule has 48 heavy (non-hydrogen) atoms. The van der Waals surface area contributed by atoms with Gasteiger partial charge in [0.1, 0.15) is 13.2 Å². The first-order chi connectivity index (χ1) is 23.4. The maximum Gasteiger partial charge on any atom is 0.306 e. The fourth-order valence-corrected chi connectivity index (χ4v) is 5.95. The Morgan fingerprint density at radius 3 is 1.12 bits per heavy atom. The molecule has 0 radical (unpaired) electrons. The third kappa shape index (κ3) is 20.6. The van der Waals surface area contributed by atoms with Crippen molar-refractivity contribution < 1.29 is 19.1 Å². The molecule has 0 bridgehead atoms. The van der Waals surface area contributed by atoms with Gasteiger partial charge in [-0.3, -0.25) is 9.59 Å². The number of carbonyl (C=O) groups is 2. The van der Waals surface area contributed by atoms with Gasteiger partial charge < -0.3 is 19.3 Å². The summed E-state index contributed by atoms with van der Waals surface area (Å²) in [6.07, 6.45) is 21.1. The first kappa shape index (κ1) is 41.5. The second-order valence-electron chi connectivity index (χ2n) is 13.8. The van der Waals surface area contributed by atoms with Gasteiger partial charge in [-0.2, -0.15) is 0 Å². The molecule has 270 valence electrons. The zero-order valence-electron chi connectivity index (χ0n) is 31.1. The smallest absolute Gasteiger partial charge is 0.306 e. The van der Waals surface area contributed by atoms with Crippen LogP contribution in [0, 0.1) is 0 Å². The Balaban J connectivity index is 1.56. The molecule has 2 aromatic rings. The predicted octanol–water partition coefficient (Wildman–Crippen LogP) is 10.4. The summed E-state index contributed by atoms with van der Waals surface area (Å²) in [5.41, 5.74) is 4.16. The number of rotatable bonds is 29. The first-order valence-electron chi connectivity index (χ1n) is 19.3. The molecular weight excluding hydrogens is 596 g/mol. The molecule has 0 N–H and O–H groups in total. The van der Waals surface area contributed by atoms with Crippen LogP contribution in [0.15, 0.2) is 48.5 Å². The van der Waals surface area contributed by atoms with Crippen LogP contribution < -0.4 is 0 Å². The van der Waals surface area contributed by atoms with Crippen molar-refractivity contribution >= 4 is 11.9 Å². The molecule has 0 saturated heterocycles. The number of hydrogen-bond donors (Lipinski definition) is 0. The lowest BCUT2D eigenvalue weighted by Crippen LogP contribution is -2.21. The van der Waals surface area contributed by atoms with Gasteiger partial charge in [-0.25, -0.2) is 0 Å². The molecule has 0 saturated carbocycles. The van der Waals surface area contributed by atoms with E-state index in [2.05, 4.69) is 62.0 Å². The zero-order chi connectivity index (χ0) is 34.7. The minimum Gasteiger partial charge on any atom is -0.461 e. The van der Waals surface area contributed by atoms with Crippen LogP contribution in [0.2, 0.25) is 0 Å². The van der Waals surface area contributed by atoms with Crippen molar-refractivity contribution in [1.82, 2.24) is 9.80 Å². The average Bonchev–Trinajstić information content (AvgIpc) is 3.09. The summed E-state index contributed by atoms with van der Waals surface area (Å²) < 4.78 is 11.1. The van der Waals surface area contributed by atoms with Gasteiger partial charge in [-0.05, 0) is 88.2 Å². The van der Waals surface area contributed by atoms with Crippen LogP contribution >= 0.6 is 0 Å². The number of esters is 2. The highest BCUT2D eigenvalue weighted by Gasteiger charge is 2.08. The Morgan fingerprint density at radius 2 is 0.771 bits per heavy atom. The van der Waals surface area contributed by atoms with E-state index in [1.54, 1.807) is 0 Å². The Kier molecular flexibility index (Phi) is 23.5. The number of ether oxygens (including phenoxy) is 2. The lowest BCUT2D eigenvalue weighted by Gasteiger charge is -2.16. The van der Waals surface area contributed by atoms with Gasteiger partial charge in [-0.15, -0.1) is 0 Å². The third-order valence-electron chi connectivity index (χ3n) is 9.17. The standard InChI is InChI=1S/C42H68N2O4/c1-5-7-9-11-13-15-17-31-43(3)33-19-21-41(45)47-35-37-23-27-39(28-24-37)40-29-25-38(26-30-40)36-48-42(46)22-20-34-44(4)32-18-16-14-12-10-8-6-2/h23-30H,5-22,31-36H2,1-4H3. The van der Waals surface area contributed by atoms with Gasteiger partial charge in [0, 0.05) is 12.8 Å². The van der Waals surface area contributed by atoms with Crippen molar-refractivity contribution in [3.8, 4) is 11.1 Å². The molecule has 0 amide bonds. The van der Waals surface area contributed by atoms with Crippen LogP contribution in [0.4, 0.5) is 0 Å². The van der Waals surface area contributed by atoms with Gasteiger partial charge >= 0.3 is 11.9 Å². The molecule has 6 nitrogen and oxygen atoms in total. The van der Waals surface area contributed by atoms with Crippen LogP contribution in [0.1, 0.15) is 141 Å². The summed E-state index contributed by atoms with van der Waals surface area (Å²) in [5, 5.41) is 0. The van der Waals surface area contributed by atoms with E-state index in [-0.39, 0.29) is 11.9 Å². The molecular formula is C42H68N2O4. The molecule has 2 aromatic carbocycles. The molecule has 0 heterocycles. The largest absolute Gasteiger partial charge is 0.461 e. The number of unbranched alkanes of at least 4 members (excludes halogenated alkanes) is 12. The highest BCUT2D eigenvalue weighted by molar-refractivity contribution is 5.70. The molecule has 0 unspecified atom stereocenters. The summed E-state index contributed by atoms with van der Waals surface area (Å²) in [4.78, 5) is 29.2. The van der Waals surface area contributed by atoms with Crippen molar-refractivity contribution in [2.24, 2.45) is 0 Å². The summed E-state index contributed by atoms with van der Waals surface area (Å²) in [6, 6.07) is 16.3. The minimum absolute atomic E-state index is 0.133. The first-order valence-corrected chi connectivity index (χ1v) is 19.3. The van der Waals surface area contributed by atoms with Crippen LogP contribution in [0.5, 0.6) is 0 Å². The Hall–Kier alpha value is -2.70. The summed E-state index contributed by atoms with van der Waals surface area (Å²) >= 11 is 0. The SMILES string of the molecule is CCCCCCCCCN(C)CCCC(=O)OCc1ccc(-c2ccc(COC(=O)CCCN(C)CCCCCCCCC)cc2)cc1. The molecule has 0 atom stereocenters. The van der Waals surface area contributed by atoms with Crippen LogP contribution in [-0.2, 0) is 32.3 Å². The Morgan fingerprint density at radius 1 is 0.458 bits per heavy atom. The van der Waals surface area contributed by atoms with Crippen molar-refractivity contribution in [3.63, 3.8) is 0 Å². The highest BCUT2D eigenvalue weighted by atomic mass is 16.5. The quantitative estimate of drug-likeness (QED) is 0.0637. The summed E-state index contributed by atoms with van der Waals surface area (Å²) in [5.74, 6) is -0.267. The molecule has 0 aliphatic carbocycles. The third-order valence-corrected chi connectivity index (χ3v) is 9.17. The van der Waals surface area contributed by atoms with Crippen molar-refractivity contribution in [2.75, 3.05) is 40.3 Å². The average molecular weight is 665 g/mol. The fourth-order valence-electron chi connectivity index (χ4n) is 5.95. The van der Waals surface area contributed by atoms with E-state index in [0.29, 0.717) is 26.1 Å². The van der Waals surface area contributed by atoms with Gasteiger partial charge in [0.25, 0.3) is 0 Å². The van der Waals surface area contributed by atoms with Crippen molar-refractivity contribution in [1.29, 1.82) is 0 Å². The lowest BCUT2D eigenvalue weighted by atomic mass is 10.0. The van der Waals surface area contributed by atoms with Crippen LogP contribution in [-0.4, -0.2) is 62.0 Å². The topological polar surface area (TPSA) is 59.1 Å². The van der Waals surface area contributed by atoms with E-state index in [1.807, 2.05) is 24.3 Å². The van der Waals surface area contributed by atoms with E-state index >= 15 is 0 Å². The van der Waals surface area contributed by atoms with E-state index in [4.69, 9.17) is 9.47 Å². The van der Waals surface area contributed by atoms with Gasteiger partial charge in [0.2, 0.25) is 0 Å². The number of carbonyl (C=O) groups excluding carboxylic acids is 2. The summed E-state index contributed by atoms with van der Waals surface area (Å²) in [7, 11) is 4.29. The fraction of sp³-hybridized carbons (Fsp3) is 0.667. The lowest BCUT2D eigenvalue weighted by molar-refractivity contribution is -0.146. The predicted molar refractivity (Wildman–Crippen MR) is 201 cm³/mol. The Bertz CT molecular complexity index is 998. The molecule has 2 rings (SSSR count). The maximum atomic E-state index is 12.3. The van der Waals surface area contributed by atoms with E-state index in [0.717, 1.165) is 61.3 Å². The highest BCUT2D eigenvalue weighted by Crippen LogP contribution is 2.21. The zero-order valence-corrected chi connectivity index (χ0v) is 31.1. The van der Waals surface area contributed by atoms with Crippen LogP contribution in [0.25, 0.3) is 11.1 Å².